The van der Waals surface area contributed by atoms with Crippen LogP contribution in [-0.4, -0.2) is 28.8 Å². The van der Waals surface area contributed by atoms with E-state index in [1.54, 1.807) is 7.11 Å². The van der Waals surface area contributed by atoms with Gasteiger partial charge in [0.2, 0.25) is 0 Å². The average Bonchev–Trinajstić information content (AvgIpc) is 3.22. The summed E-state index contributed by atoms with van der Waals surface area (Å²) in [6.45, 7) is 0.0762. The molecule has 1 aliphatic carbocycles. The maximum Gasteiger partial charge on any atom is 0.338 e. The van der Waals surface area contributed by atoms with Gasteiger partial charge in [0.1, 0.15) is 17.4 Å². The number of hydrogen-bond donors (Lipinski definition) is 1. The molecule has 0 unspecified atom stereocenters. The van der Waals surface area contributed by atoms with Crippen LogP contribution in [0.15, 0.2) is 29.6 Å². The minimum Gasteiger partial charge on any atom is -0.496 e. The highest BCUT2D eigenvalue weighted by atomic mass is 32.1. The molecule has 0 atom stereocenters. The third-order valence-corrected chi connectivity index (χ3v) is 4.98. The van der Waals surface area contributed by atoms with Gasteiger partial charge in [-0.1, -0.05) is 12.1 Å². The first-order valence-corrected chi connectivity index (χ1v) is 8.48. The van der Waals surface area contributed by atoms with Crippen LogP contribution in [0.25, 0.3) is 10.6 Å². The van der Waals surface area contributed by atoms with E-state index in [0.717, 1.165) is 29.2 Å². The maximum atomic E-state index is 12.0. The van der Waals surface area contributed by atoms with Crippen LogP contribution in [0.1, 0.15) is 31.4 Å². The number of aromatic nitrogens is 1. The van der Waals surface area contributed by atoms with Crippen LogP contribution in [-0.2, 0) is 16.1 Å². The Labute approximate surface area is 138 Å². The van der Waals surface area contributed by atoms with E-state index in [0.29, 0.717) is 18.5 Å². The van der Waals surface area contributed by atoms with Crippen LogP contribution in [0.3, 0.4) is 0 Å². The number of nitrogens with zero attached hydrogens (tertiary/aromatic N) is 1. The second-order valence-electron chi connectivity index (χ2n) is 5.66. The summed E-state index contributed by atoms with van der Waals surface area (Å²) in [4.78, 5) is 16.5. The zero-order valence-corrected chi connectivity index (χ0v) is 13.8. The van der Waals surface area contributed by atoms with Crippen LogP contribution < -0.4 is 4.74 Å². The predicted molar refractivity (Wildman–Crippen MR) is 87.3 cm³/mol. The molecule has 1 aliphatic rings. The lowest BCUT2D eigenvalue weighted by Gasteiger charge is -2.19. The monoisotopic (exact) mass is 333 g/mol. The van der Waals surface area contributed by atoms with Gasteiger partial charge >= 0.3 is 5.97 Å². The van der Waals surface area contributed by atoms with Gasteiger partial charge in [0.25, 0.3) is 0 Å². The minimum atomic E-state index is -1.30. The lowest BCUT2D eigenvalue weighted by molar-refractivity contribution is -0.166. The Morgan fingerprint density at radius 3 is 2.83 bits per heavy atom. The lowest BCUT2D eigenvalue weighted by atomic mass is 10.0. The van der Waals surface area contributed by atoms with Crippen molar-refractivity contribution in [1.29, 1.82) is 0 Å². The molecule has 0 amide bonds. The first-order chi connectivity index (χ1) is 11.1. The Morgan fingerprint density at radius 1 is 1.35 bits per heavy atom. The second kappa shape index (κ2) is 6.68. The van der Waals surface area contributed by atoms with Gasteiger partial charge in [-0.05, 0) is 37.8 Å². The van der Waals surface area contributed by atoms with Crippen LogP contribution in [0, 0.1) is 0 Å². The average molecular weight is 333 g/mol. The van der Waals surface area contributed by atoms with E-state index in [9.17, 15) is 9.90 Å². The molecule has 0 spiro atoms. The molecule has 122 valence electrons. The Hall–Kier alpha value is -1.92. The van der Waals surface area contributed by atoms with Crippen LogP contribution in [0.2, 0.25) is 0 Å². The second-order valence-corrected chi connectivity index (χ2v) is 6.52. The Morgan fingerprint density at radius 2 is 2.09 bits per heavy atom. The van der Waals surface area contributed by atoms with Crippen molar-refractivity contribution in [3.05, 3.63) is 35.3 Å². The van der Waals surface area contributed by atoms with Crippen molar-refractivity contribution in [2.45, 2.75) is 37.9 Å². The van der Waals surface area contributed by atoms with E-state index in [-0.39, 0.29) is 6.61 Å². The third-order valence-electron chi connectivity index (χ3n) is 4.05. The molecule has 23 heavy (non-hydrogen) atoms. The number of carbonyl (C=O) groups is 1. The number of esters is 1. The summed E-state index contributed by atoms with van der Waals surface area (Å²) in [5.74, 6) is 0.215. The van der Waals surface area contributed by atoms with Gasteiger partial charge in [-0.15, -0.1) is 11.3 Å². The smallest absolute Gasteiger partial charge is 0.338 e. The fraction of sp³-hybridized carbons (Fsp3) is 0.412. The Balaban J connectivity index is 1.67. The first kappa shape index (κ1) is 16.0. The topological polar surface area (TPSA) is 68.7 Å². The van der Waals surface area contributed by atoms with Crippen LogP contribution in [0.5, 0.6) is 5.75 Å². The molecule has 1 fully saturated rings. The fourth-order valence-electron chi connectivity index (χ4n) is 2.76. The van der Waals surface area contributed by atoms with E-state index < -0.39 is 11.6 Å². The molecule has 0 saturated heterocycles. The number of benzene rings is 1. The van der Waals surface area contributed by atoms with Crippen molar-refractivity contribution >= 4 is 17.3 Å². The SMILES string of the molecule is COc1ccccc1-c1nc(COC(=O)C2(O)CCCC2)cs1. The standard InChI is InChI=1S/C17H19NO4S/c1-21-14-7-3-2-6-13(14)15-18-12(11-23-15)10-22-16(19)17(20)8-4-5-9-17/h2-3,6-7,11,20H,4-5,8-10H2,1H3. The summed E-state index contributed by atoms with van der Waals surface area (Å²) in [5, 5.41) is 12.8. The van der Waals surface area contributed by atoms with Crippen molar-refractivity contribution in [3.63, 3.8) is 0 Å². The number of thiazole rings is 1. The van der Waals surface area contributed by atoms with Gasteiger partial charge in [0.15, 0.2) is 5.60 Å². The highest BCUT2D eigenvalue weighted by Gasteiger charge is 2.40. The van der Waals surface area contributed by atoms with Gasteiger partial charge < -0.3 is 14.6 Å². The number of carbonyl (C=O) groups excluding carboxylic acids is 1. The highest BCUT2D eigenvalue weighted by Crippen LogP contribution is 2.33. The van der Waals surface area contributed by atoms with Crippen LogP contribution >= 0.6 is 11.3 Å². The number of rotatable bonds is 5. The first-order valence-electron chi connectivity index (χ1n) is 7.60. The number of para-hydroxylation sites is 1. The Kier molecular flexibility index (Phi) is 4.63. The summed E-state index contributed by atoms with van der Waals surface area (Å²) in [6.07, 6.45) is 2.69. The van der Waals surface area contributed by atoms with E-state index in [2.05, 4.69) is 4.98 Å². The molecule has 3 rings (SSSR count). The molecular weight excluding hydrogens is 314 g/mol. The highest BCUT2D eigenvalue weighted by molar-refractivity contribution is 7.13. The van der Waals surface area contributed by atoms with Crippen molar-refractivity contribution in [3.8, 4) is 16.3 Å². The molecule has 5 nitrogen and oxygen atoms in total. The lowest BCUT2D eigenvalue weighted by Crippen LogP contribution is -2.36. The minimum absolute atomic E-state index is 0.0762. The molecule has 1 aromatic carbocycles. The summed E-state index contributed by atoms with van der Waals surface area (Å²) >= 11 is 1.47. The van der Waals surface area contributed by atoms with Crippen molar-refractivity contribution in [2.24, 2.45) is 0 Å². The summed E-state index contributed by atoms with van der Waals surface area (Å²) in [6, 6.07) is 7.65. The number of hydrogen-bond acceptors (Lipinski definition) is 6. The normalized spacial score (nSPS) is 16.3. The van der Waals surface area contributed by atoms with E-state index in [1.165, 1.54) is 11.3 Å². The molecule has 1 saturated carbocycles. The number of aliphatic hydroxyl groups is 1. The van der Waals surface area contributed by atoms with E-state index in [4.69, 9.17) is 9.47 Å². The van der Waals surface area contributed by atoms with E-state index >= 15 is 0 Å². The third kappa shape index (κ3) is 3.38. The van der Waals surface area contributed by atoms with E-state index in [1.807, 2.05) is 29.6 Å². The number of ether oxygens (including phenoxy) is 2. The maximum absolute atomic E-state index is 12.0. The summed E-state index contributed by atoms with van der Waals surface area (Å²) < 4.78 is 10.6. The number of methoxy groups -OCH3 is 1. The van der Waals surface area contributed by atoms with Gasteiger partial charge in [-0.2, -0.15) is 0 Å². The molecule has 1 heterocycles. The molecular formula is C17H19NO4S. The molecule has 1 aromatic heterocycles. The van der Waals surface area contributed by atoms with Gasteiger partial charge in [0.05, 0.1) is 18.4 Å². The van der Waals surface area contributed by atoms with Crippen molar-refractivity contribution < 1.29 is 19.4 Å². The Bertz CT molecular complexity index is 691. The molecule has 6 heteroatoms. The fourth-order valence-corrected chi connectivity index (χ4v) is 3.59. The summed E-state index contributed by atoms with van der Waals surface area (Å²) in [7, 11) is 1.62. The van der Waals surface area contributed by atoms with Crippen molar-refractivity contribution in [1.82, 2.24) is 4.98 Å². The quantitative estimate of drug-likeness (QED) is 0.851. The predicted octanol–water partition coefficient (Wildman–Crippen LogP) is 3.17. The molecule has 0 radical (unpaired) electrons. The largest absolute Gasteiger partial charge is 0.496 e. The molecule has 0 bridgehead atoms. The van der Waals surface area contributed by atoms with Crippen molar-refractivity contribution in [2.75, 3.05) is 7.11 Å². The zero-order valence-electron chi connectivity index (χ0n) is 12.9. The molecule has 0 aliphatic heterocycles. The molecule has 1 N–H and O–H groups in total. The zero-order chi connectivity index (χ0) is 16.3. The van der Waals surface area contributed by atoms with Crippen LogP contribution in [0.4, 0.5) is 0 Å². The van der Waals surface area contributed by atoms with Gasteiger partial charge in [-0.3, -0.25) is 0 Å². The van der Waals surface area contributed by atoms with Gasteiger partial charge in [-0.25, -0.2) is 9.78 Å². The van der Waals surface area contributed by atoms with Gasteiger partial charge in [0, 0.05) is 5.38 Å². The molecule has 2 aromatic rings. The summed E-state index contributed by atoms with van der Waals surface area (Å²) in [5.41, 5.74) is 0.277.